The van der Waals surface area contributed by atoms with Crippen molar-refractivity contribution in [1.82, 2.24) is 15.3 Å². The highest BCUT2D eigenvalue weighted by Crippen LogP contribution is 2.26. The number of rotatable bonds is 6. The van der Waals surface area contributed by atoms with Gasteiger partial charge in [0.1, 0.15) is 23.2 Å². The Kier molecular flexibility index (Phi) is 7.13. The number of anilines is 3. The molecule has 8 nitrogen and oxygen atoms in total. The van der Waals surface area contributed by atoms with E-state index in [0.717, 1.165) is 54.9 Å². The lowest BCUT2D eigenvalue weighted by Crippen LogP contribution is -2.37. The van der Waals surface area contributed by atoms with Crippen molar-refractivity contribution in [3.8, 4) is 11.3 Å². The number of hydrogen-bond acceptors (Lipinski definition) is 7. The molecule has 34 heavy (non-hydrogen) atoms. The number of ether oxygens (including phenoxy) is 1. The largest absolute Gasteiger partial charge is 0.459 e. The van der Waals surface area contributed by atoms with Gasteiger partial charge in [0.2, 0.25) is 5.95 Å². The van der Waals surface area contributed by atoms with E-state index in [1.165, 1.54) is 12.8 Å². The monoisotopic (exact) mass is 498 g/mol. The molecule has 2 aliphatic heterocycles. The first-order valence-electron chi connectivity index (χ1n) is 11.5. The first kappa shape index (κ1) is 22.9. The fourth-order valence-electron chi connectivity index (χ4n) is 4.10. The van der Waals surface area contributed by atoms with Crippen LogP contribution in [0.25, 0.3) is 11.3 Å². The van der Waals surface area contributed by atoms with E-state index in [-0.39, 0.29) is 0 Å². The number of hydrogen-bond donors (Lipinski definition) is 2. The predicted octanol–water partition coefficient (Wildman–Crippen LogP) is 4.31. The SMILES string of the molecule is S=C(NCc1ccc(-c2ccc(Cl)cc2)o1)Nc1nc(N2CCCC2)cc(N2CCOCC2)n1. The Bertz CT molecular complexity index is 1130. The third kappa shape index (κ3) is 5.60. The van der Waals surface area contributed by atoms with Crippen LogP contribution >= 0.6 is 23.8 Å². The molecule has 0 atom stereocenters. The molecular formula is C24H27ClN6O2S. The summed E-state index contributed by atoms with van der Waals surface area (Å²) in [5.41, 5.74) is 0.971. The van der Waals surface area contributed by atoms with Crippen LogP contribution in [0.1, 0.15) is 18.6 Å². The van der Waals surface area contributed by atoms with E-state index in [1.54, 1.807) is 0 Å². The lowest BCUT2D eigenvalue weighted by molar-refractivity contribution is 0.122. The predicted molar refractivity (Wildman–Crippen MR) is 139 cm³/mol. The van der Waals surface area contributed by atoms with Crippen molar-refractivity contribution in [2.75, 3.05) is 54.5 Å². The maximum Gasteiger partial charge on any atom is 0.232 e. The van der Waals surface area contributed by atoms with Crippen molar-refractivity contribution in [2.45, 2.75) is 19.4 Å². The first-order chi connectivity index (χ1) is 16.6. The molecule has 10 heteroatoms. The number of thiocarbonyl (C=S) groups is 1. The Balaban J connectivity index is 1.24. The van der Waals surface area contributed by atoms with Crippen LogP contribution in [-0.4, -0.2) is 54.5 Å². The van der Waals surface area contributed by atoms with Crippen LogP contribution in [0.3, 0.4) is 0 Å². The minimum absolute atomic E-state index is 0.441. The van der Waals surface area contributed by atoms with Crippen molar-refractivity contribution < 1.29 is 9.15 Å². The standard InChI is InChI=1S/C24H27ClN6O2S/c25-18-5-3-17(4-6-18)20-8-7-19(33-20)16-26-24(34)29-23-27-21(30-9-1-2-10-30)15-22(28-23)31-11-13-32-14-12-31/h3-8,15H,1-2,9-14,16H2,(H2,26,27,28,29,34). The van der Waals surface area contributed by atoms with E-state index in [2.05, 4.69) is 26.5 Å². The molecule has 0 unspecified atom stereocenters. The van der Waals surface area contributed by atoms with Crippen LogP contribution < -0.4 is 20.4 Å². The van der Waals surface area contributed by atoms with Gasteiger partial charge >= 0.3 is 0 Å². The summed E-state index contributed by atoms with van der Waals surface area (Å²) in [7, 11) is 0. The molecule has 1 aromatic carbocycles. The third-order valence-corrected chi connectivity index (χ3v) is 6.40. The minimum atomic E-state index is 0.441. The molecule has 0 spiro atoms. The third-order valence-electron chi connectivity index (χ3n) is 5.90. The number of halogens is 1. The summed E-state index contributed by atoms with van der Waals surface area (Å²) in [6.45, 7) is 5.49. The minimum Gasteiger partial charge on any atom is -0.459 e. The Labute approximate surface area is 209 Å². The average Bonchev–Trinajstić information content (AvgIpc) is 3.56. The van der Waals surface area contributed by atoms with Crippen LogP contribution in [0.15, 0.2) is 46.9 Å². The van der Waals surface area contributed by atoms with Gasteiger partial charge in [0, 0.05) is 42.8 Å². The van der Waals surface area contributed by atoms with Gasteiger partial charge in [-0.15, -0.1) is 0 Å². The lowest BCUT2D eigenvalue weighted by Gasteiger charge is -2.29. The number of morpholine rings is 1. The van der Waals surface area contributed by atoms with Crippen molar-refractivity contribution in [3.63, 3.8) is 0 Å². The van der Waals surface area contributed by atoms with Crippen LogP contribution in [0, 0.1) is 0 Å². The molecule has 3 aromatic rings. The normalized spacial score (nSPS) is 16.0. The quantitative estimate of drug-likeness (QED) is 0.483. The maximum atomic E-state index is 5.97. The summed E-state index contributed by atoms with van der Waals surface area (Å²) >= 11 is 11.5. The molecule has 2 saturated heterocycles. The Morgan fingerprint density at radius 2 is 1.62 bits per heavy atom. The smallest absolute Gasteiger partial charge is 0.232 e. The lowest BCUT2D eigenvalue weighted by atomic mass is 10.2. The zero-order valence-electron chi connectivity index (χ0n) is 18.8. The van der Waals surface area contributed by atoms with Crippen molar-refractivity contribution in [2.24, 2.45) is 0 Å². The molecule has 0 bridgehead atoms. The number of nitrogens with zero attached hydrogens (tertiary/aromatic N) is 4. The van der Waals surface area contributed by atoms with E-state index >= 15 is 0 Å². The average molecular weight is 499 g/mol. The van der Waals surface area contributed by atoms with E-state index in [0.29, 0.717) is 35.8 Å². The molecule has 2 aliphatic rings. The topological polar surface area (TPSA) is 78.7 Å². The van der Waals surface area contributed by atoms with Gasteiger partial charge in [0.25, 0.3) is 0 Å². The van der Waals surface area contributed by atoms with Gasteiger partial charge in [-0.25, -0.2) is 0 Å². The second-order valence-electron chi connectivity index (χ2n) is 8.28. The van der Waals surface area contributed by atoms with Crippen LogP contribution in [-0.2, 0) is 11.3 Å². The van der Waals surface area contributed by atoms with Gasteiger partial charge in [-0.05, 0) is 61.5 Å². The fraction of sp³-hybridized carbons (Fsp3) is 0.375. The molecular weight excluding hydrogens is 472 g/mol. The van der Waals surface area contributed by atoms with Gasteiger partial charge in [0.15, 0.2) is 5.11 Å². The maximum absolute atomic E-state index is 5.97. The number of furan rings is 1. The molecule has 4 heterocycles. The van der Waals surface area contributed by atoms with E-state index in [1.807, 2.05) is 36.4 Å². The molecule has 5 rings (SSSR count). The Morgan fingerprint density at radius 3 is 2.32 bits per heavy atom. The summed E-state index contributed by atoms with van der Waals surface area (Å²) in [6, 6.07) is 13.5. The summed E-state index contributed by atoms with van der Waals surface area (Å²) in [5.74, 6) is 3.87. The van der Waals surface area contributed by atoms with Gasteiger partial charge < -0.3 is 29.6 Å². The molecule has 2 fully saturated rings. The number of aromatic nitrogens is 2. The summed E-state index contributed by atoms with van der Waals surface area (Å²) in [6.07, 6.45) is 2.36. The van der Waals surface area contributed by atoms with Crippen molar-refractivity contribution in [3.05, 3.63) is 53.2 Å². The van der Waals surface area contributed by atoms with Gasteiger partial charge in [-0.1, -0.05) is 11.6 Å². The second-order valence-corrected chi connectivity index (χ2v) is 9.13. The molecule has 0 radical (unpaired) electrons. The first-order valence-corrected chi connectivity index (χ1v) is 12.3. The highest BCUT2D eigenvalue weighted by molar-refractivity contribution is 7.80. The molecule has 0 saturated carbocycles. The van der Waals surface area contributed by atoms with Crippen LogP contribution in [0.5, 0.6) is 0 Å². The van der Waals surface area contributed by atoms with E-state index in [4.69, 9.17) is 42.9 Å². The summed E-state index contributed by atoms with van der Waals surface area (Å²) in [4.78, 5) is 14.0. The molecule has 178 valence electrons. The molecule has 0 amide bonds. The highest BCUT2D eigenvalue weighted by Gasteiger charge is 2.20. The van der Waals surface area contributed by atoms with E-state index in [9.17, 15) is 0 Å². The Hall–Kier alpha value is -2.88. The zero-order valence-corrected chi connectivity index (χ0v) is 20.4. The van der Waals surface area contributed by atoms with Crippen LogP contribution in [0.2, 0.25) is 5.02 Å². The number of benzene rings is 1. The van der Waals surface area contributed by atoms with Gasteiger partial charge in [-0.3, -0.25) is 0 Å². The number of nitrogens with one attached hydrogen (secondary N) is 2. The Morgan fingerprint density at radius 1 is 0.941 bits per heavy atom. The van der Waals surface area contributed by atoms with Crippen molar-refractivity contribution in [1.29, 1.82) is 0 Å². The van der Waals surface area contributed by atoms with Gasteiger partial charge in [-0.2, -0.15) is 9.97 Å². The fourth-order valence-corrected chi connectivity index (χ4v) is 4.39. The summed E-state index contributed by atoms with van der Waals surface area (Å²) < 4.78 is 11.4. The second kappa shape index (κ2) is 10.6. The molecule has 2 aromatic heterocycles. The van der Waals surface area contributed by atoms with Gasteiger partial charge in [0.05, 0.1) is 19.8 Å². The summed E-state index contributed by atoms with van der Waals surface area (Å²) in [5, 5.41) is 7.48. The molecule has 2 N–H and O–H groups in total. The zero-order chi connectivity index (χ0) is 23.3. The highest BCUT2D eigenvalue weighted by atomic mass is 35.5. The molecule has 0 aliphatic carbocycles. The van der Waals surface area contributed by atoms with E-state index < -0.39 is 0 Å². The van der Waals surface area contributed by atoms with Crippen molar-refractivity contribution >= 4 is 46.5 Å². The van der Waals surface area contributed by atoms with Crippen LogP contribution in [0.4, 0.5) is 17.6 Å².